The molecule has 6 nitrogen and oxygen atoms in total. The molecule has 1 saturated heterocycles. The van der Waals surface area contributed by atoms with Crippen LogP contribution in [0.1, 0.15) is 18.2 Å². The summed E-state index contributed by atoms with van der Waals surface area (Å²) in [7, 11) is -2.12. The Bertz CT molecular complexity index is 597. The average Bonchev–Trinajstić information content (AvgIpc) is 2.83. The Hall–Kier alpha value is -1.12. The molecule has 1 aromatic rings. The third-order valence-electron chi connectivity index (χ3n) is 3.47. The lowest BCUT2D eigenvalue weighted by Gasteiger charge is -2.20. The molecule has 1 fully saturated rings. The highest BCUT2D eigenvalue weighted by Crippen LogP contribution is 2.26. The van der Waals surface area contributed by atoms with E-state index in [1.165, 1.54) is 22.8 Å². The van der Waals surface area contributed by atoms with Crippen LogP contribution in [0.25, 0.3) is 0 Å². The summed E-state index contributed by atoms with van der Waals surface area (Å²) >= 11 is 1.32. The number of carbonyl (C=O) groups excluding carboxylic acids is 1. The van der Waals surface area contributed by atoms with Crippen LogP contribution in [0.5, 0.6) is 0 Å². The summed E-state index contributed by atoms with van der Waals surface area (Å²) in [5.74, 6) is 0. The van der Waals surface area contributed by atoms with Gasteiger partial charge in [0.15, 0.2) is 0 Å². The van der Waals surface area contributed by atoms with Gasteiger partial charge in [0.25, 0.3) is 10.0 Å². The number of sulfonamides is 1. The zero-order valence-electron chi connectivity index (χ0n) is 12.2. The SMILES string of the molecule is CCc1ccc(S(=O)(=O)N2CCCN(C(=O)OC)CC2)s1. The van der Waals surface area contributed by atoms with E-state index >= 15 is 0 Å². The second kappa shape index (κ2) is 6.76. The van der Waals surface area contributed by atoms with Crippen molar-refractivity contribution >= 4 is 27.5 Å². The number of aryl methyl sites for hydroxylation is 1. The Kier molecular flexibility index (Phi) is 5.23. The first-order valence-corrected chi connectivity index (χ1v) is 9.16. The molecule has 1 aliphatic rings. The van der Waals surface area contributed by atoms with Gasteiger partial charge in [0.1, 0.15) is 4.21 Å². The molecule has 0 N–H and O–H groups in total. The fraction of sp³-hybridized carbons (Fsp3) is 0.615. The van der Waals surface area contributed by atoms with Gasteiger partial charge in [-0.2, -0.15) is 4.31 Å². The minimum atomic E-state index is -3.46. The van der Waals surface area contributed by atoms with Gasteiger partial charge in [-0.1, -0.05) is 6.92 Å². The van der Waals surface area contributed by atoms with Crippen molar-refractivity contribution in [3.63, 3.8) is 0 Å². The largest absolute Gasteiger partial charge is 0.453 e. The van der Waals surface area contributed by atoms with Crippen LogP contribution in [0.3, 0.4) is 0 Å². The van der Waals surface area contributed by atoms with Crippen LogP contribution < -0.4 is 0 Å². The van der Waals surface area contributed by atoms with Crippen LogP contribution >= 0.6 is 11.3 Å². The second-order valence-electron chi connectivity index (χ2n) is 4.79. The van der Waals surface area contributed by atoms with Crippen molar-refractivity contribution in [3.8, 4) is 0 Å². The number of hydrogen-bond acceptors (Lipinski definition) is 5. The highest BCUT2D eigenvalue weighted by molar-refractivity contribution is 7.91. The monoisotopic (exact) mass is 332 g/mol. The third kappa shape index (κ3) is 3.56. The number of thiophene rings is 1. The Labute approximate surface area is 129 Å². The van der Waals surface area contributed by atoms with Gasteiger partial charge in [-0.25, -0.2) is 13.2 Å². The predicted octanol–water partition coefficient (Wildman–Crippen LogP) is 1.77. The van der Waals surface area contributed by atoms with E-state index in [1.807, 2.05) is 13.0 Å². The molecule has 2 rings (SSSR count). The van der Waals surface area contributed by atoms with Crippen molar-refractivity contribution in [2.75, 3.05) is 33.3 Å². The molecule has 0 unspecified atom stereocenters. The van der Waals surface area contributed by atoms with Gasteiger partial charge in [0.2, 0.25) is 0 Å². The van der Waals surface area contributed by atoms with Gasteiger partial charge >= 0.3 is 6.09 Å². The molecule has 0 aromatic carbocycles. The molecule has 0 saturated carbocycles. The molecule has 118 valence electrons. The summed E-state index contributed by atoms with van der Waals surface area (Å²) in [6.07, 6.45) is 1.04. The van der Waals surface area contributed by atoms with Crippen molar-refractivity contribution in [2.24, 2.45) is 0 Å². The molecule has 21 heavy (non-hydrogen) atoms. The van der Waals surface area contributed by atoms with Crippen LogP contribution in [0.15, 0.2) is 16.3 Å². The molecule has 0 atom stereocenters. The van der Waals surface area contributed by atoms with Gasteiger partial charge in [-0.15, -0.1) is 11.3 Å². The van der Waals surface area contributed by atoms with Crippen LogP contribution in [-0.4, -0.2) is 57.0 Å². The third-order valence-corrected chi connectivity index (χ3v) is 7.06. The standard InChI is InChI=1S/C13H20N2O4S2/c1-3-11-5-6-12(20-11)21(17,18)15-8-4-7-14(9-10-15)13(16)19-2/h5-6H,3-4,7-10H2,1-2H3. The first-order valence-electron chi connectivity index (χ1n) is 6.90. The summed E-state index contributed by atoms with van der Waals surface area (Å²) in [6.45, 7) is 3.61. The molecular weight excluding hydrogens is 312 g/mol. The Morgan fingerprint density at radius 2 is 2.05 bits per heavy atom. The van der Waals surface area contributed by atoms with Gasteiger partial charge in [0.05, 0.1) is 7.11 Å². The molecule has 1 aliphatic heterocycles. The molecule has 0 aliphatic carbocycles. The van der Waals surface area contributed by atoms with Crippen LogP contribution in [0.2, 0.25) is 0 Å². The minimum absolute atomic E-state index is 0.302. The highest BCUT2D eigenvalue weighted by atomic mass is 32.2. The summed E-state index contributed by atoms with van der Waals surface area (Å²) in [6, 6.07) is 3.53. The molecule has 0 spiro atoms. The van der Waals surface area contributed by atoms with Gasteiger partial charge < -0.3 is 9.64 Å². The van der Waals surface area contributed by atoms with E-state index in [0.29, 0.717) is 36.8 Å². The van der Waals surface area contributed by atoms with Crippen LogP contribution in [0, 0.1) is 0 Å². The van der Waals surface area contributed by atoms with Crippen LogP contribution in [0.4, 0.5) is 4.79 Å². The number of ether oxygens (including phenoxy) is 1. The molecule has 8 heteroatoms. The second-order valence-corrected chi connectivity index (χ2v) is 8.12. The minimum Gasteiger partial charge on any atom is -0.453 e. The molecule has 1 amide bonds. The highest BCUT2D eigenvalue weighted by Gasteiger charge is 2.29. The number of carbonyl (C=O) groups is 1. The van der Waals surface area contributed by atoms with Gasteiger partial charge in [-0.3, -0.25) is 0 Å². The maximum Gasteiger partial charge on any atom is 0.409 e. The lowest BCUT2D eigenvalue weighted by Crippen LogP contribution is -2.37. The number of methoxy groups -OCH3 is 1. The number of rotatable bonds is 3. The summed E-state index contributed by atoms with van der Waals surface area (Å²) in [5.41, 5.74) is 0. The summed E-state index contributed by atoms with van der Waals surface area (Å²) in [4.78, 5) is 14.1. The fourth-order valence-electron chi connectivity index (χ4n) is 2.26. The normalized spacial score (nSPS) is 17.5. The van der Waals surface area contributed by atoms with E-state index in [4.69, 9.17) is 0 Å². The lowest BCUT2D eigenvalue weighted by molar-refractivity contribution is 0.126. The van der Waals surface area contributed by atoms with Crippen LogP contribution in [-0.2, 0) is 21.2 Å². The van der Waals surface area contributed by atoms with E-state index < -0.39 is 16.1 Å². The summed E-state index contributed by atoms with van der Waals surface area (Å²) < 4.78 is 31.8. The van der Waals surface area contributed by atoms with E-state index in [2.05, 4.69) is 4.74 Å². The smallest absolute Gasteiger partial charge is 0.409 e. The zero-order chi connectivity index (χ0) is 15.5. The Morgan fingerprint density at radius 1 is 1.29 bits per heavy atom. The molecule has 0 radical (unpaired) electrons. The molecular formula is C13H20N2O4S2. The quantitative estimate of drug-likeness (QED) is 0.846. The molecule has 0 bridgehead atoms. The first-order chi connectivity index (χ1) is 9.98. The van der Waals surface area contributed by atoms with Crippen molar-refractivity contribution < 1.29 is 17.9 Å². The van der Waals surface area contributed by atoms with E-state index in [1.54, 1.807) is 11.0 Å². The maximum atomic E-state index is 12.6. The van der Waals surface area contributed by atoms with E-state index in [-0.39, 0.29) is 0 Å². The Morgan fingerprint density at radius 3 is 2.67 bits per heavy atom. The van der Waals surface area contributed by atoms with Crippen molar-refractivity contribution in [3.05, 3.63) is 17.0 Å². The molecule has 1 aromatic heterocycles. The number of hydrogen-bond donors (Lipinski definition) is 0. The number of nitrogens with zero attached hydrogens (tertiary/aromatic N) is 2. The van der Waals surface area contributed by atoms with Gasteiger partial charge in [-0.05, 0) is 25.0 Å². The maximum absolute atomic E-state index is 12.6. The van der Waals surface area contributed by atoms with E-state index in [9.17, 15) is 13.2 Å². The van der Waals surface area contributed by atoms with Gasteiger partial charge in [0, 0.05) is 31.1 Å². The lowest BCUT2D eigenvalue weighted by atomic mass is 10.4. The van der Waals surface area contributed by atoms with E-state index in [0.717, 1.165) is 11.3 Å². The van der Waals surface area contributed by atoms with Crippen molar-refractivity contribution in [2.45, 2.75) is 24.0 Å². The number of amides is 1. The van der Waals surface area contributed by atoms with Crippen molar-refractivity contribution in [1.29, 1.82) is 0 Å². The average molecular weight is 332 g/mol. The predicted molar refractivity (Wildman–Crippen MR) is 81.1 cm³/mol. The summed E-state index contributed by atoms with van der Waals surface area (Å²) in [5, 5.41) is 0. The topological polar surface area (TPSA) is 66.9 Å². The van der Waals surface area contributed by atoms with Crippen molar-refractivity contribution in [1.82, 2.24) is 9.21 Å². The fourth-order valence-corrected chi connectivity index (χ4v) is 5.18. The zero-order valence-corrected chi connectivity index (χ0v) is 13.9. The first kappa shape index (κ1) is 16.3. The Balaban J connectivity index is 2.12. The molecule has 2 heterocycles.